The molecule has 0 aliphatic carbocycles. The van der Waals surface area contributed by atoms with Crippen LogP contribution in [0.25, 0.3) is 0 Å². The largest absolute Gasteiger partial charge is 1.00 e. The highest BCUT2D eigenvalue weighted by Gasteiger charge is 2.44. The number of unbranched alkanes of at least 4 members (excludes halogenated alkanes) is 13. The van der Waals surface area contributed by atoms with E-state index >= 15 is 0 Å². The van der Waals surface area contributed by atoms with Crippen molar-refractivity contribution in [2.45, 2.75) is 109 Å². The summed E-state index contributed by atoms with van der Waals surface area (Å²) < 4.78 is 0.938. The molecule has 0 aliphatic heterocycles. The summed E-state index contributed by atoms with van der Waals surface area (Å²) in [6.45, 7) is 7.84. The normalized spacial score (nSPS) is 12.4. The highest BCUT2D eigenvalue weighted by molar-refractivity contribution is 5.85. The molecule has 2 rings (SSSR count). The Kier molecular flexibility index (Phi) is 23.0. The van der Waals surface area contributed by atoms with E-state index in [1.54, 1.807) is 0 Å². The Morgan fingerprint density at radius 3 is 1.47 bits per heavy atom. The molecule has 0 aromatic heterocycles. The summed E-state index contributed by atoms with van der Waals surface area (Å²) in [5.74, 6) is 0. The van der Waals surface area contributed by atoms with Gasteiger partial charge < -0.3 is 23.0 Å². The second-order valence-electron chi connectivity index (χ2n) is 11.2. The van der Waals surface area contributed by atoms with Gasteiger partial charge in [-0.15, -0.1) is 12.4 Å². The number of rotatable bonds is 20. The fourth-order valence-corrected chi connectivity index (χ4v) is 5.64. The Hall–Kier alpha value is -1.32. The van der Waals surface area contributed by atoms with Gasteiger partial charge in [-0.2, -0.15) is 0 Å². The van der Waals surface area contributed by atoms with Crippen molar-refractivity contribution in [1.82, 2.24) is 6.15 Å². The zero-order chi connectivity index (χ0) is 25.2. The van der Waals surface area contributed by atoms with Crippen LogP contribution in [0.4, 0.5) is 0 Å². The summed E-state index contributed by atoms with van der Waals surface area (Å²) >= 11 is 0. The maximum atomic E-state index is 4.37. The van der Waals surface area contributed by atoms with E-state index in [4.69, 9.17) is 0 Å². The van der Waals surface area contributed by atoms with Crippen LogP contribution in [0.15, 0.2) is 73.3 Å². The molecule has 0 amide bonds. The molecule has 0 bridgehead atoms. The van der Waals surface area contributed by atoms with Crippen LogP contribution in [0.5, 0.6) is 0 Å². The number of quaternary nitrogens is 1. The van der Waals surface area contributed by atoms with E-state index in [1.165, 1.54) is 108 Å². The van der Waals surface area contributed by atoms with Gasteiger partial charge in [-0.1, -0.05) is 151 Å². The number of nitrogens with zero attached hydrogens (tertiary/aromatic N) is 1. The molecule has 0 saturated heterocycles. The second-order valence-corrected chi connectivity index (χ2v) is 11.2. The molecule has 3 N–H and O–H groups in total. The monoisotopic (exact) mass is 564 g/mol. The van der Waals surface area contributed by atoms with E-state index in [9.17, 15) is 0 Å². The third-order valence-electron chi connectivity index (χ3n) is 8.08. The third kappa shape index (κ3) is 13.2. The van der Waals surface area contributed by atoms with Gasteiger partial charge in [0.1, 0.15) is 5.54 Å². The Morgan fingerprint density at radius 2 is 1.05 bits per heavy atom. The molecule has 4 heteroatoms. The lowest BCUT2D eigenvalue weighted by molar-refractivity contribution is -0.942. The van der Waals surface area contributed by atoms with Crippen molar-refractivity contribution in [3.05, 3.63) is 84.4 Å². The zero-order valence-corrected chi connectivity index (χ0v) is 26.4. The maximum Gasteiger partial charge on any atom is 0.147 e. The molecule has 1 atom stereocenters. The summed E-state index contributed by atoms with van der Waals surface area (Å²) in [7, 11) is 4.81. The quantitative estimate of drug-likeness (QED) is 0.101. The minimum atomic E-state index is -0.126. The van der Waals surface area contributed by atoms with Gasteiger partial charge in [-0.05, 0) is 24.5 Å². The van der Waals surface area contributed by atoms with Crippen molar-refractivity contribution in [2.24, 2.45) is 0 Å². The lowest BCUT2D eigenvalue weighted by atomic mass is 9.80. The van der Waals surface area contributed by atoms with E-state index in [1.807, 2.05) is 0 Å². The molecule has 0 heterocycles. The smallest absolute Gasteiger partial charge is 0.147 e. The second kappa shape index (κ2) is 22.5. The van der Waals surface area contributed by atoms with Crippen molar-refractivity contribution in [3.8, 4) is 0 Å². The highest BCUT2D eigenvalue weighted by atomic mass is 35.5. The van der Waals surface area contributed by atoms with Crippen LogP contribution in [0.2, 0.25) is 0 Å². The van der Waals surface area contributed by atoms with Crippen molar-refractivity contribution < 1.29 is 16.9 Å². The van der Waals surface area contributed by atoms with Gasteiger partial charge >= 0.3 is 0 Å². The number of halogens is 2. The zero-order valence-electron chi connectivity index (χ0n) is 24.8. The van der Waals surface area contributed by atoms with Crippen LogP contribution in [-0.2, 0) is 12.0 Å². The van der Waals surface area contributed by atoms with Crippen LogP contribution in [-0.4, -0.2) is 25.1 Å². The molecular formula is C34H58Cl2N2. The van der Waals surface area contributed by atoms with Crippen LogP contribution < -0.4 is 18.6 Å². The molecule has 0 saturated carbocycles. The Balaban J connectivity index is 0. The molecule has 0 radical (unpaired) electrons. The standard InChI is InChI=1S/C34H54N.2ClH.H3N/c1-5-7-8-9-10-11-12-13-14-15-16-17-18-25-30-35(3,4)34(6-2,33-28-23-20-24-29-33)31-32-26-21-19-22-27-32;;;/h6,19-24,26-29H,2,5,7-18,25,30-31H2,1,3-4H3;2*1H;1H3/q+1;;;/p-1. The lowest BCUT2D eigenvalue weighted by Gasteiger charge is -2.48. The molecule has 2 aromatic carbocycles. The van der Waals surface area contributed by atoms with E-state index < -0.39 is 0 Å². The van der Waals surface area contributed by atoms with Crippen LogP contribution >= 0.6 is 12.4 Å². The number of likely N-dealkylation sites (N-methyl/N-ethyl adjacent to an activating group) is 1. The van der Waals surface area contributed by atoms with Crippen molar-refractivity contribution >= 4 is 12.4 Å². The van der Waals surface area contributed by atoms with Gasteiger partial charge in [0.05, 0.1) is 20.6 Å². The fraction of sp³-hybridized carbons (Fsp3) is 0.588. The lowest BCUT2D eigenvalue weighted by Crippen LogP contribution is -3.00. The first-order valence-corrected chi connectivity index (χ1v) is 14.6. The Bertz CT molecular complexity index is 795. The molecule has 38 heavy (non-hydrogen) atoms. The molecule has 0 spiro atoms. The van der Waals surface area contributed by atoms with Crippen LogP contribution in [0.1, 0.15) is 108 Å². The Labute approximate surface area is 248 Å². The maximum absolute atomic E-state index is 4.37. The van der Waals surface area contributed by atoms with Gasteiger partial charge in [-0.25, -0.2) is 0 Å². The van der Waals surface area contributed by atoms with E-state index in [0.29, 0.717) is 0 Å². The van der Waals surface area contributed by atoms with Gasteiger partial charge in [0.15, 0.2) is 0 Å². The van der Waals surface area contributed by atoms with E-state index in [0.717, 1.165) is 10.9 Å². The van der Waals surface area contributed by atoms with Crippen molar-refractivity contribution in [1.29, 1.82) is 0 Å². The summed E-state index contributed by atoms with van der Waals surface area (Å²) in [5, 5.41) is 0. The topological polar surface area (TPSA) is 35.0 Å². The summed E-state index contributed by atoms with van der Waals surface area (Å²) in [6, 6.07) is 22.0. The van der Waals surface area contributed by atoms with Crippen LogP contribution in [0.3, 0.4) is 0 Å². The fourth-order valence-electron chi connectivity index (χ4n) is 5.64. The molecule has 2 nitrogen and oxygen atoms in total. The predicted octanol–water partition coefficient (Wildman–Crippen LogP) is 7.46. The average Bonchev–Trinajstić information content (AvgIpc) is 2.88. The summed E-state index contributed by atoms with van der Waals surface area (Å²) in [5.41, 5.74) is 2.62. The Morgan fingerprint density at radius 1 is 0.658 bits per heavy atom. The van der Waals surface area contributed by atoms with Gasteiger partial charge in [0.2, 0.25) is 0 Å². The predicted molar refractivity (Wildman–Crippen MR) is 168 cm³/mol. The highest BCUT2D eigenvalue weighted by Crippen LogP contribution is 2.38. The SMILES string of the molecule is C=CC(Cc1ccccc1)(c1ccccc1)[N+](C)(C)CCCCCCCCCCCCCCCC.Cl.N.[Cl-]. The summed E-state index contributed by atoms with van der Waals surface area (Å²) in [6.07, 6.45) is 22.9. The molecule has 218 valence electrons. The average molecular weight is 566 g/mol. The molecule has 2 aromatic rings. The first-order valence-electron chi connectivity index (χ1n) is 14.6. The molecule has 1 unspecified atom stereocenters. The van der Waals surface area contributed by atoms with E-state index in [2.05, 4.69) is 94.3 Å². The van der Waals surface area contributed by atoms with E-state index in [-0.39, 0.29) is 36.5 Å². The molecular weight excluding hydrogens is 507 g/mol. The van der Waals surface area contributed by atoms with Gasteiger partial charge in [-0.3, -0.25) is 0 Å². The first-order chi connectivity index (χ1) is 17.1. The molecule has 0 aliphatic rings. The first kappa shape index (κ1) is 38.8. The van der Waals surface area contributed by atoms with Crippen LogP contribution in [0, 0.1) is 0 Å². The number of hydrogen-bond donors (Lipinski definition) is 1. The van der Waals surface area contributed by atoms with Gasteiger partial charge in [0, 0.05) is 12.0 Å². The van der Waals surface area contributed by atoms with Crippen molar-refractivity contribution in [2.75, 3.05) is 20.6 Å². The minimum Gasteiger partial charge on any atom is -1.00 e. The number of hydrogen-bond acceptors (Lipinski definition) is 1. The van der Waals surface area contributed by atoms with Crippen molar-refractivity contribution in [3.63, 3.8) is 0 Å². The molecule has 0 fully saturated rings. The van der Waals surface area contributed by atoms with Gasteiger partial charge in [0.25, 0.3) is 0 Å². The minimum absolute atomic E-state index is 0. The summed E-state index contributed by atoms with van der Waals surface area (Å²) in [4.78, 5) is 0. The number of benzene rings is 2. The third-order valence-corrected chi connectivity index (χ3v) is 8.08.